The van der Waals surface area contributed by atoms with E-state index in [0.29, 0.717) is 13.0 Å². The quantitative estimate of drug-likeness (QED) is 0.738. The Morgan fingerprint density at radius 1 is 1.53 bits per heavy atom. The zero-order valence-corrected chi connectivity index (χ0v) is 11.3. The van der Waals surface area contributed by atoms with Crippen LogP contribution in [-0.4, -0.2) is 38.3 Å². The number of ether oxygens (including phenoxy) is 1. The third-order valence-corrected chi connectivity index (χ3v) is 3.11. The molecule has 0 saturated carbocycles. The van der Waals surface area contributed by atoms with Crippen molar-refractivity contribution in [3.63, 3.8) is 0 Å². The van der Waals surface area contributed by atoms with Crippen molar-refractivity contribution >= 4 is 5.91 Å². The van der Waals surface area contributed by atoms with E-state index in [1.54, 1.807) is 0 Å². The number of nitrogens with one attached hydrogen (secondary N) is 2. The van der Waals surface area contributed by atoms with Gasteiger partial charge >= 0.3 is 0 Å². The van der Waals surface area contributed by atoms with Crippen molar-refractivity contribution < 1.29 is 9.53 Å². The predicted molar refractivity (Wildman–Crippen MR) is 68.9 cm³/mol. The van der Waals surface area contributed by atoms with Gasteiger partial charge in [0.1, 0.15) is 0 Å². The molecule has 4 heteroatoms. The second-order valence-electron chi connectivity index (χ2n) is 5.59. The minimum Gasteiger partial charge on any atom is -0.375 e. The van der Waals surface area contributed by atoms with Crippen molar-refractivity contribution in [3.8, 4) is 0 Å². The van der Waals surface area contributed by atoms with E-state index in [1.807, 2.05) is 0 Å². The molecule has 1 aliphatic rings. The molecular weight excluding hydrogens is 216 g/mol. The first-order chi connectivity index (χ1) is 8.03. The van der Waals surface area contributed by atoms with Gasteiger partial charge in [-0.25, -0.2) is 0 Å². The van der Waals surface area contributed by atoms with Crippen molar-refractivity contribution in [2.75, 3.05) is 26.2 Å². The van der Waals surface area contributed by atoms with Gasteiger partial charge in [0.05, 0.1) is 19.1 Å². The lowest BCUT2D eigenvalue weighted by atomic mass is 9.88. The molecule has 4 nitrogen and oxygen atoms in total. The number of hydrogen-bond acceptors (Lipinski definition) is 3. The predicted octanol–water partition coefficient (Wildman–Crippen LogP) is 1.31. The Balaban J connectivity index is 2.20. The zero-order valence-electron chi connectivity index (χ0n) is 11.3. The van der Waals surface area contributed by atoms with Crippen LogP contribution in [0.3, 0.4) is 0 Å². The minimum atomic E-state index is 0.0398. The highest BCUT2D eigenvalue weighted by Crippen LogP contribution is 2.20. The van der Waals surface area contributed by atoms with Gasteiger partial charge in [0.2, 0.25) is 5.91 Å². The molecule has 1 amide bonds. The van der Waals surface area contributed by atoms with Crippen molar-refractivity contribution in [1.29, 1.82) is 0 Å². The lowest BCUT2D eigenvalue weighted by Crippen LogP contribution is -2.42. The molecule has 1 atom stereocenters. The minimum absolute atomic E-state index is 0.0398. The van der Waals surface area contributed by atoms with Crippen LogP contribution in [0.25, 0.3) is 0 Å². The van der Waals surface area contributed by atoms with E-state index < -0.39 is 0 Å². The summed E-state index contributed by atoms with van der Waals surface area (Å²) in [6.07, 6.45) is 2.79. The summed E-state index contributed by atoms with van der Waals surface area (Å²) >= 11 is 0. The van der Waals surface area contributed by atoms with Gasteiger partial charge in [0.25, 0.3) is 0 Å². The highest BCUT2D eigenvalue weighted by Gasteiger charge is 2.20. The van der Waals surface area contributed by atoms with E-state index in [-0.39, 0.29) is 17.4 Å². The molecule has 0 aliphatic carbocycles. The molecule has 0 aromatic rings. The average Bonchev–Trinajstić information content (AvgIpc) is 2.28. The van der Waals surface area contributed by atoms with Gasteiger partial charge in [-0.15, -0.1) is 0 Å². The van der Waals surface area contributed by atoms with Crippen LogP contribution in [0, 0.1) is 5.41 Å². The normalized spacial score (nSPS) is 21.2. The molecule has 1 aliphatic heterocycles. The van der Waals surface area contributed by atoms with Crippen LogP contribution in [0.5, 0.6) is 0 Å². The summed E-state index contributed by atoms with van der Waals surface area (Å²) in [5, 5.41) is 6.24. The molecule has 0 bridgehead atoms. The van der Waals surface area contributed by atoms with Gasteiger partial charge in [-0.3, -0.25) is 4.79 Å². The molecule has 17 heavy (non-hydrogen) atoms. The molecule has 1 rings (SSSR count). The highest BCUT2D eigenvalue weighted by atomic mass is 16.5. The molecule has 1 fully saturated rings. The van der Waals surface area contributed by atoms with Crippen LogP contribution in [-0.2, 0) is 9.53 Å². The molecule has 0 aromatic carbocycles. The number of carbonyl (C=O) groups is 1. The van der Waals surface area contributed by atoms with Gasteiger partial charge < -0.3 is 15.4 Å². The molecular formula is C13H26N2O2. The molecule has 2 N–H and O–H groups in total. The SMILES string of the molecule is CCCC(C)(C)CNC(=O)CC1CNCCO1. The van der Waals surface area contributed by atoms with E-state index in [9.17, 15) is 4.79 Å². The van der Waals surface area contributed by atoms with E-state index in [4.69, 9.17) is 4.74 Å². The number of rotatable bonds is 6. The smallest absolute Gasteiger partial charge is 0.222 e. The Labute approximate surface area is 104 Å². The maximum atomic E-state index is 11.7. The van der Waals surface area contributed by atoms with Gasteiger partial charge in [0.15, 0.2) is 0 Å². The number of hydrogen-bond donors (Lipinski definition) is 2. The van der Waals surface area contributed by atoms with Crippen LogP contribution >= 0.6 is 0 Å². The van der Waals surface area contributed by atoms with Crippen LogP contribution in [0.2, 0.25) is 0 Å². The highest BCUT2D eigenvalue weighted by molar-refractivity contribution is 5.76. The molecule has 100 valence electrons. The molecule has 0 spiro atoms. The average molecular weight is 242 g/mol. The summed E-state index contributed by atoms with van der Waals surface area (Å²) in [6, 6.07) is 0. The third kappa shape index (κ3) is 6.03. The Hall–Kier alpha value is -0.610. The Bertz CT molecular complexity index is 236. The molecule has 1 saturated heterocycles. The molecule has 1 unspecified atom stereocenters. The molecule has 0 radical (unpaired) electrons. The lowest BCUT2D eigenvalue weighted by molar-refractivity contribution is -0.124. The monoisotopic (exact) mass is 242 g/mol. The van der Waals surface area contributed by atoms with Crippen LogP contribution in [0.15, 0.2) is 0 Å². The molecule has 1 heterocycles. The maximum absolute atomic E-state index is 11.7. The van der Waals surface area contributed by atoms with Crippen molar-refractivity contribution in [2.24, 2.45) is 5.41 Å². The summed E-state index contributed by atoms with van der Waals surface area (Å²) in [6.45, 7) is 9.68. The standard InChI is InChI=1S/C13H26N2O2/c1-4-5-13(2,3)10-15-12(16)8-11-9-14-6-7-17-11/h11,14H,4-10H2,1-3H3,(H,15,16). The maximum Gasteiger partial charge on any atom is 0.222 e. The second kappa shape index (κ2) is 6.97. The lowest BCUT2D eigenvalue weighted by Gasteiger charge is -2.26. The molecule has 0 aromatic heterocycles. The van der Waals surface area contributed by atoms with Crippen LogP contribution < -0.4 is 10.6 Å². The first kappa shape index (κ1) is 14.5. The Kier molecular flexibility index (Phi) is 5.92. The fourth-order valence-corrected chi connectivity index (χ4v) is 2.13. The van der Waals surface area contributed by atoms with Crippen molar-refractivity contribution in [3.05, 3.63) is 0 Å². The van der Waals surface area contributed by atoms with Gasteiger partial charge in [0, 0.05) is 19.6 Å². The topological polar surface area (TPSA) is 50.4 Å². The third-order valence-electron chi connectivity index (χ3n) is 3.11. The summed E-state index contributed by atoms with van der Waals surface area (Å²) in [5.74, 6) is 0.0999. The van der Waals surface area contributed by atoms with E-state index in [2.05, 4.69) is 31.4 Å². The van der Waals surface area contributed by atoms with Crippen molar-refractivity contribution in [2.45, 2.75) is 46.1 Å². The number of carbonyl (C=O) groups excluding carboxylic acids is 1. The fraction of sp³-hybridized carbons (Fsp3) is 0.923. The first-order valence-electron chi connectivity index (χ1n) is 6.62. The van der Waals surface area contributed by atoms with Gasteiger partial charge in [-0.2, -0.15) is 0 Å². The van der Waals surface area contributed by atoms with E-state index in [0.717, 1.165) is 32.5 Å². The fourth-order valence-electron chi connectivity index (χ4n) is 2.13. The largest absolute Gasteiger partial charge is 0.375 e. The van der Waals surface area contributed by atoms with Gasteiger partial charge in [-0.05, 0) is 11.8 Å². The Morgan fingerprint density at radius 3 is 2.88 bits per heavy atom. The summed E-state index contributed by atoms with van der Waals surface area (Å²) in [7, 11) is 0. The zero-order chi connectivity index (χ0) is 12.7. The summed E-state index contributed by atoms with van der Waals surface area (Å²) in [4.78, 5) is 11.7. The van der Waals surface area contributed by atoms with E-state index in [1.165, 1.54) is 0 Å². The Morgan fingerprint density at radius 2 is 2.29 bits per heavy atom. The van der Waals surface area contributed by atoms with E-state index >= 15 is 0 Å². The van der Waals surface area contributed by atoms with Gasteiger partial charge in [-0.1, -0.05) is 27.2 Å². The summed E-state index contributed by atoms with van der Waals surface area (Å²) in [5.41, 5.74) is 0.191. The van der Waals surface area contributed by atoms with Crippen LogP contribution in [0.1, 0.15) is 40.0 Å². The summed E-state index contributed by atoms with van der Waals surface area (Å²) < 4.78 is 5.50. The van der Waals surface area contributed by atoms with Crippen molar-refractivity contribution in [1.82, 2.24) is 10.6 Å². The second-order valence-corrected chi connectivity index (χ2v) is 5.59. The number of amides is 1. The number of morpholine rings is 1. The van der Waals surface area contributed by atoms with Crippen LogP contribution in [0.4, 0.5) is 0 Å². The first-order valence-corrected chi connectivity index (χ1v) is 6.62.